The molecule has 6 heteroatoms. The summed E-state index contributed by atoms with van der Waals surface area (Å²) in [5, 5.41) is -0.463. The number of benzene rings is 1. The van der Waals surface area contributed by atoms with Gasteiger partial charge < -0.3 is 15.2 Å². The molecule has 3 atom stereocenters. The number of ether oxygens (including phenoxy) is 2. The van der Waals surface area contributed by atoms with Crippen molar-refractivity contribution in [3.05, 3.63) is 29.8 Å². The number of rotatable bonds is 8. The van der Waals surface area contributed by atoms with E-state index in [0.717, 1.165) is 11.3 Å². The summed E-state index contributed by atoms with van der Waals surface area (Å²) >= 11 is 0. The zero-order valence-electron chi connectivity index (χ0n) is 13.4. The topological polar surface area (TPSA) is 78.6 Å². The SMILES string of the molecule is CCOCC1(CN)C(c2ccc(OC)cc2)C1S(=O)(=O)CC. The van der Waals surface area contributed by atoms with Crippen LogP contribution in [0.1, 0.15) is 25.3 Å². The van der Waals surface area contributed by atoms with E-state index in [1.165, 1.54) is 0 Å². The second-order valence-corrected chi connectivity index (χ2v) is 8.11. The van der Waals surface area contributed by atoms with Crippen LogP contribution in [-0.2, 0) is 14.6 Å². The zero-order chi connectivity index (χ0) is 16.4. The van der Waals surface area contributed by atoms with Gasteiger partial charge in [0.2, 0.25) is 0 Å². The van der Waals surface area contributed by atoms with Gasteiger partial charge in [0.05, 0.1) is 19.0 Å². The molecule has 0 aliphatic heterocycles. The highest BCUT2D eigenvalue weighted by atomic mass is 32.2. The summed E-state index contributed by atoms with van der Waals surface area (Å²) in [4.78, 5) is 0. The quantitative estimate of drug-likeness (QED) is 0.784. The summed E-state index contributed by atoms with van der Waals surface area (Å²) < 4.78 is 35.6. The summed E-state index contributed by atoms with van der Waals surface area (Å²) in [7, 11) is -1.57. The van der Waals surface area contributed by atoms with Crippen LogP contribution < -0.4 is 10.5 Å². The van der Waals surface area contributed by atoms with Gasteiger partial charge in [-0.1, -0.05) is 19.1 Å². The fourth-order valence-corrected chi connectivity index (χ4v) is 5.43. The van der Waals surface area contributed by atoms with E-state index >= 15 is 0 Å². The van der Waals surface area contributed by atoms with Gasteiger partial charge in [-0.2, -0.15) is 0 Å². The molecule has 2 N–H and O–H groups in total. The van der Waals surface area contributed by atoms with Crippen molar-refractivity contribution in [2.75, 3.05) is 32.6 Å². The standard InChI is InChI=1S/C16H25NO4S/c1-4-21-11-16(10-17)14(15(16)22(18,19)5-2)12-6-8-13(20-3)9-7-12/h6-9,14-15H,4-5,10-11,17H2,1-3H3. The lowest BCUT2D eigenvalue weighted by molar-refractivity contribution is 0.101. The minimum Gasteiger partial charge on any atom is -0.497 e. The zero-order valence-corrected chi connectivity index (χ0v) is 14.2. The molecule has 5 nitrogen and oxygen atoms in total. The van der Waals surface area contributed by atoms with Crippen LogP contribution in [-0.4, -0.2) is 46.3 Å². The number of hydrogen-bond acceptors (Lipinski definition) is 5. The molecule has 1 aromatic rings. The molecule has 22 heavy (non-hydrogen) atoms. The van der Waals surface area contributed by atoms with Gasteiger partial charge in [-0.15, -0.1) is 0 Å². The molecule has 1 aliphatic rings. The van der Waals surface area contributed by atoms with Crippen LogP contribution in [0.25, 0.3) is 0 Å². The molecule has 1 aromatic carbocycles. The third-order valence-electron chi connectivity index (χ3n) is 4.60. The summed E-state index contributed by atoms with van der Waals surface area (Å²) in [5.41, 5.74) is 6.43. The molecule has 0 radical (unpaired) electrons. The smallest absolute Gasteiger partial charge is 0.154 e. The van der Waals surface area contributed by atoms with Crippen LogP contribution in [0.3, 0.4) is 0 Å². The fraction of sp³-hybridized carbons (Fsp3) is 0.625. The molecule has 0 spiro atoms. The molecule has 1 saturated carbocycles. The molecule has 3 unspecified atom stereocenters. The molecule has 0 amide bonds. The lowest BCUT2D eigenvalue weighted by atomic mass is 10.00. The largest absolute Gasteiger partial charge is 0.497 e. The highest BCUT2D eigenvalue weighted by molar-refractivity contribution is 7.92. The number of nitrogens with two attached hydrogens (primary N) is 1. The van der Waals surface area contributed by atoms with E-state index in [1.54, 1.807) is 14.0 Å². The van der Waals surface area contributed by atoms with Crippen LogP contribution in [0.5, 0.6) is 5.75 Å². The molecule has 0 heterocycles. The molecule has 0 saturated heterocycles. The van der Waals surface area contributed by atoms with Crippen molar-refractivity contribution in [1.29, 1.82) is 0 Å². The van der Waals surface area contributed by atoms with Crippen LogP contribution in [0.15, 0.2) is 24.3 Å². The average Bonchev–Trinajstić information content (AvgIpc) is 3.23. The lowest BCUT2D eigenvalue weighted by Crippen LogP contribution is -2.29. The molecule has 2 rings (SSSR count). The van der Waals surface area contributed by atoms with E-state index in [9.17, 15) is 8.42 Å². The van der Waals surface area contributed by atoms with Crippen LogP contribution in [0, 0.1) is 5.41 Å². The summed E-state index contributed by atoms with van der Waals surface area (Å²) in [6.07, 6.45) is 0. The van der Waals surface area contributed by atoms with E-state index in [-0.39, 0.29) is 11.7 Å². The highest BCUT2D eigenvalue weighted by Crippen LogP contribution is 2.62. The Morgan fingerprint density at radius 1 is 1.23 bits per heavy atom. The van der Waals surface area contributed by atoms with Crippen molar-refractivity contribution in [3.8, 4) is 5.75 Å². The number of hydrogen-bond donors (Lipinski definition) is 1. The Bertz CT molecular complexity index is 599. The van der Waals surface area contributed by atoms with Crippen LogP contribution >= 0.6 is 0 Å². The van der Waals surface area contributed by atoms with Gasteiger partial charge in [-0.05, 0) is 24.6 Å². The maximum absolute atomic E-state index is 12.5. The van der Waals surface area contributed by atoms with E-state index < -0.39 is 20.5 Å². The number of methoxy groups -OCH3 is 1. The second-order valence-electron chi connectivity index (χ2n) is 5.70. The average molecular weight is 327 g/mol. The second kappa shape index (κ2) is 6.56. The monoisotopic (exact) mass is 327 g/mol. The predicted octanol–water partition coefficient (Wildman–Crippen LogP) is 1.58. The van der Waals surface area contributed by atoms with Crippen molar-refractivity contribution in [2.45, 2.75) is 25.0 Å². The summed E-state index contributed by atoms with van der Waals surface area (Å²) in [6, 6.07) is 7.55. The predicted molar refractivity (Wildman–Crippen MR) is 87.0 cm³/mol. The van der Waals surface area contributed by atoms with E-state index in [0.29, 0.717) is 19.8 Å². The molecule has 1 fully saturated rings. The Morgan fingerprint density at radius 2 is 1.86 bits per heavy atom. The maximum Gasteiger partial charge on any atom is 0.154 e. The van der Waals surface area contributed by atoms with E-state index in [4.69, 9.17) is 15.2 Å². The van der Waals surface area contributed by atoms with Gasteiger partial charge in [0.15, 0.2) is 9.84 Å². The van der Waals surface area contributed by atoms with Gasteiger partial charge in [0.1, 0.15) is 5.75 Å². The molecule has 124 valence electrons. The van der Waals surface area contributed by atoms with E-state index in [2.05, 4.69) is 0 Å². The highest BCUT2D eigenvalue weighted by Gasteiger charge is 2.69. The van der Waals surface area contributed by atoms with Crippen LogP contribution in [0.2, 0.25) is 0 Å². The third kappa shape index (κ3) is 2.87. The van der Waals surface area contributed by atoms with Crippen molar-refractivity contribution < 1.29 is 17.9 Å². The Kier molecular flexibility index (Phi) is 5.14. The van der Waals surface area contributed by atoms with Gasteiger partial charge in [-0.3, -0.25) is 0 Å². The normalized spacial score (nSPS) is 27.6. The van der Waals surface area contributed by atoms with Crippen molar-refractivity contribution in [2.24, 2.45) is 11.1 Å². The Labute approximate surface area is 132 Å². The van der Waals surface area contributed by atoms with Crippen molar-refractivity contribution in [3.63, 3.8) is 0 Å². The first-order chi connectivity index (χ1) is 10.5. The van der Waals surface area contributed by atoms with Crippen molar-refractivity contribution in [1.82, 2.24) is 0 Å². The molecule has 0 bridgehead atoms. The first-order valence-electron chi connectivity index (χ1n) is 7.60. The molecular formula is C16H25NO4S. The Balaban J connectivity index is 2.37. The van der Waals surface area contributed by atoms with Gasteiger partial charge in [0, 0.05) is 30.2 Å². The molecular weight excluding hydrogens is 302 g/mol. The first-order valence-corrected chi connectivity index (χ1v) is 9.31. The van der Waals surface area contributed by atoms with Crippen LogP contribution in [0.4, 0.5) is 0 Å². The molecule has 1 aliphatic carbocycles. The minimum atomic E-state index is -3.18. The summed E-state index contributed by atoms with van der Waals surface area (Å²) in [5.74, 6) is 0.764. The fourth-order valence-electron chi connectivity index (χ4n) is 3.28. The first kappa shape index (κ1) is 17.2. The van der Waals surface area contributed by atoms with Gasteiger partial charge in [-0.25, -0.2) is 8.42 Å². The maximum atomic E-state index is 12.5. The molecule has 0 aromatic heterocycles. The van der Waals surface area contributed by atoms with E-state index in [1.807, 2.05) is 31.2 Å². The van der Waals surface area contributed by atoms with Crippen molar-refractivity contribution >= 4 is 9.84 Å². The Hall–Kier alpha value is -1.11. The summed E-state index contributed by atoms with van der Waals surface area (Å²) in [6.45, 7) is 4.81. The Morgan fingerprint density at radius 3 is 2.32 bits per heavy atom. The minimum absolute atomic E-state index is 0.111. The number of sulfone groups is 1. The van der Waals surface area contributed by atoms with Gasteiger partial charge >= 0.3 is 0 Å². The van der Waals surface area contributed by atoms with Gasteiger partial charge in [0.25, 0.3) is 0 Å². The lowest BCUT2D eigenvalue weighted by Gasteiger charge is -2.15. The third-order valence-corrected chi connectivity index (χ3v) is 6.92.